The molecule has 0 saturated heterocycles. The predicted molar refractivity (Wildman–Crippen MR) is 148 cm³/mol. The van der Waals surface area contributed by atoms with E-state index in [4.69, 9.17) is 4.74 Å². The molecule has 1 fully saturated rings. The van der Waals surface area contributed by atoms with E-state index in [2.05, 4.69) is 15.6 Å². The number of nitrogens with zero attached hydrogens (tertiary/aromatic N) is 2. The van der Waals surface area contributed by atoms with Gasteiger partial charge >= 0.3 is 0 Å². The van der Waals surface area contributed by atoms with E-state index in [1.54, 1.807) is 35.7 Å². The molecule has 1 aromatic heterocycles. The predicted octanol–water partition coefficient (Wildman–Crippen LogP) is 5.09. The van der Waals surface area contributed by atoms with Gasteiger partial charge in [-0.2, -0.15) is 0 Å². The Bertz CT molecular complexity index is 1180. The number of aromatic nitrogens is 1. The summed E-state index contributed by atoms with van der Waals surface area (Å²) in [5, 5.41) is 8.20. The van der Waals surface area contributed by atoms with Crippen molar-refractivity contribution < 1.29 is 19.1 Å². The highest BCUT2D eigenvalue weighted by molar-refractivity contribution is 7.13. The number of hydrogen-bond donors (Lipinski definition) is 2. The molecule has 1 saturated carbocycles. The van der Waals surface area contributed by atoms with Gasteiger partial charge < -0.3 is 20.3 Å². The van der Waals surface area contributed by atoms with Crippen LogP contribution in [-0.2, 0) is 20.9 Å². The molecule has 3 amide bonds. The summed E-state index contributed by atoms with van der Waals surface area (Å²) in [6, 6.07) is 16.1. The molecule has 2 aromatic carbocycles. The lowest BCUT2D eigenvalue weighted by atomic mass is 9.94. The van der Waals surface area contributed by atoms with E-state index in [0.29, 0.717) is 16.4 Å². The van der Waals surface area contributed by atoms with Crippen molar-refractivity contribution in [1.29, 1.82) is 0 Å². The van der Waals surface area contributed by atoms with Gasteiger partial charge in [0.25, 0.3) is 0 Å². The third kappa shape index (κ3) is 7.64. The Balaban J connectivity index is 1.59. The van der Waals surface area contributed by atoms with Crippen molar-refractivity contribution in [3.05, 3.63) is 77.3 Å². The Morgan fingerprint density at radius 1 is 1.03 bits per heavy atom. The largest absolute Gasteiger partial charge is 0.497 e. The molecular formula is C29H34N4O4S. The Kier molecular flexibility index (Phi) is 9.86. The third-order valence-corrected chi connectivity index (χ3v) is 7.39. The monoisotopic (exact) mass is 534 g/mol. The fraction of sp³-hybridized carbons (Fsp3) is 0.379. The number of benzene rings is 2. The summed E-state index contributed by atoms with van der Waals surface area (Å²) in [6.07, 6.45) is 6.78. The summed E-state index contributed by atoms with van der Waals surface area (Å²) in [4.78, 5) is 45.7. The molecular weight excluding hydrogens is 500 g/mol. The fourth-order valence-electron chi connectivity index (χ4n) is 4.72. The molecule has 0 spiro atoms. The summed E-state index contributed by atoms with van der Waals surface area (Å²) in [7, 11) is 1.59. The van der Waals surface area contributed by atoms with E-state index in [9.17, 15) is 14.4 Å². The molecule has 0 radical (unpaired) electrons. The topological polar surface area (TPSA) is 101 Å². The summed E-state index contributed by atoms with van der Waals surface area (Å²) >= 11 is 1.32. The van der Waals surface area contributed by atoms with Crippen LogP contribution in [0.15, 0.2) is 66.2 Å². The second kappa shape index (κ2) is 13.7. The van der Waals surface area contributed by atoms with E-state index < -0.39 is 6.04 Å². The lowest BCUT2D eigenvalue weighted by molar-refractivity contribution is -0.142. The van der Waals surface area contributed by atoms with E-state index >= 15 is 0 Å². The van der Waals surface area contributed by atoms with Crippen LogP contribution in [0.25, 0.3) is 0 Å². The number of rotatable bonds is 11. The average molecular weight is 535 g/mol. The molecule has 8 nitrogen and oxygen atoms in total. The minimum atomic E-state index is -0.849. The molecule has 0 unspecified atom stereocenters. The second-order valence-corrected chi connectivity index (χ2v) is 10.3. The number of carbonyl (C=O) groups excluding carboxylic acids is 3. The van der Waals surface area contributed by atoms with Gasteiger partial charge in [-0.05, 0) is 36.1 Å². The SMILES string of the molecule is COc1ccc([C@@H](C(=O)NC2CCCCC2)N(Cc2ccccc2)C(=O)CCC(=O)Nc2nccs2)cc1. The van der Waals surface area contributed by atoms with Gasteiger partial charge in [0.2, 0.25) is 17.7 Å². The van der Waals surface area contributed by atoms with Crippen LogP contribution in [-0.4, -0.2) is 40.8 Å². The molecule has 4 rings (SSSR count). The average Bonchev–Trinajstić information content (AvgIpc) is 3.46. The number of nitrogens with one attached hydrogen (secondary N) is 2. The Morgan fingerprint density at radius 3 is 2.42 bits per heavy atom. The second-order valence-electron chi connectivity index (χ2n) is 9.41. The zero-order valence-electron chi connectivity index (χ0n) is 21.6. The molecule has 1 heterocycles. The van der Waals surface area contributed by atoms with E-state index in [1.165, 1.54) is 17.8 Å². The van der Waals surface area contributed by atoms with Gasteiger partial charge in [0, 0.05) is 37.0 Å². The molecule has 9 heteroatoms. The Hall–Kier alpha value is -3.72. The van der Waals surface area contributed by atoms with Crippen molar-refractivity contribution in [2.24, 2.45) is 0 Å². The molecule has 200 valence electrons. The number of anilines is 1. The van der Waals surface area contributed by atoms with Crippen LogP contribution in [0.5, 0.6) is 5.75 Å². The number of ether oxygens (including phenoxy) is 1. The molecule has 38 heavy (non-hydrogen) atoms. The quantitative estimate of drug-likeness (QED) is 0.357. The first-order valence-electron chi connectivity index (χ1n) is 13.0. The summed E-state index contributed by atoms with van der Waals surface area (Å²) in [6.45, 7) is 0.239. The summed E-state index contributed by atoms with van der Waals surface area (Å²) < 4.78 is 5.31. The van der Waals surface area contributed by atoms with Gasteiger partial charge in [-0.1, -0.05) is 61.7 Å². The van der Waals surface area contributed by atoms with Crippen molar-refractivity contribution >= 4 is 34.2 Å². The zero-order chi connectivity index (χ0) is 26.7. The lowest BCUT2D eigenvalue weighted by Gasteiger charge is -2.33. The summed E-state index contributed by atoms with van der Waals surface area (Å²) in [5.74, 6) is -0.109. The first kappa shape index (κ1) is 27.3. The number of hydrogen-bond acceptors (Lipinski definition) is 6. The Labute approximate surface area is 227 Å². The maximum Gasteiger partial charge on any atom is 0.247 e. The molecule has 1 atom stereocenters. The fourth-order valence-corrected chi connectivity index (χ4v) is 5.27. The van der Waals surface area contributed by atoms with Gasteiger partial charge in [-0.3, -0.25) is 14.4 Å². The molecule has 1 aliphatic rings. The van der Waals surface area contributed by atoms with Gasteiger partial charge in [0.1, 0.15) is 11.8 Å². The van der Waals surface area contributed by atoms with Gasteiger partial charge in [-0.25, -0.2) is 4.98 Å². The Morgan fingerprint density at radius 2 is 1.76 bits per heavy atom. The van der Waals surface area contributed by atoms with Gasteiger partial charge in [-0.15, -0.1) is 11.3 Å². The molecule has 0 bridgehead atoms. The van der Waals surface area contributed by atoms with Crippen molar-refractivity contribution in [3.63, 3.8) is 0 Å². The van der Waals surface area contributed by atoms with Gasteiger partial charge in [0.05, 0.1) is 7.11 Å². The van der Waals surface area contributed by atoms with Crippen molar-refractivity contribution in [3.8, 4) is 5.75 Å². The van der Waals surface area contributed by atoms with Gasteiger partial charge in [0.15, 0.2) is 5.13 Å². The first-order valence-corrected chi connectivity index (χ1v) is 13.9. The highest BCUT2D eigenvalue weighted by Crippen LogP contribution is 2.28. The van der Waals surface area contributed by atoms with Crippen LogP contribution >= 0.6 is 11.3 Å². The number of carbonyl (C=O) groups is 3. The molecule has 3 aromatic rings. The number of thiazole rings is 1. The summed E-state index contributed by atoms with van der Waals surface area (Å²) in [5.41, 5.74) is 1.59. The highest BCUT2D eigenvalue weighted by atomic mass is 32.1. The maximum atomic E-state index is 13.8. The maximum absolute atomic E-state index is 13.8. The number of amides is 3. The lowest BCUT2D eigenvalue weighted by Crippen LogP contribution is -2.47. The standard InChI is InChI=1S/C29H34N4O4S/c1-37-24-14-12-22(13-15-24)27(28(36)31-23-10-6-3-7-11-23)33(20-21-8-4-2-5-9-21)26(35)17-16-25(34)32-29-30-18-19-38-29/h2,4-5,8-9,12-15,18-19,23,27H,3,6-7,10-11,16-17,20H2,1H3,(H,31,36)(H,30,32,34)/t27-/m0/s1. The van der Waals surface area contributed by atoms with Crippen LogP contribution in [0.2, 0.25) is 0 Å². The third-order valence-electron chi connectivity index (χ3n) is 6.70. The minimum absolute atomic E-state index is 0.0106. The minimum Gasteiger partial charge on any atom is -0.497 e. The molecule has 1 aliphatic carbocycles. The van der Waals surface area contributed by atoms with Crippen molar-refractivity contribution in [2.45, 2.75) is 63.6 Å². The van der Waals surface area contributed by atoms with Crippen LogP contribution < -0.4 is 15.4 Å². The van der Waals surface area contributed by atoms with Crippen LogP contribution in [0, 0.1) is 0 Å². The van der Waals surface area contributed by atoms with Crippen LogP contribution in [0.4, 0.5) is 5.13 Å². The van der Waals surface area contributed by atoms with Crippen molar-refractivity contribution in [2.75, 3.05) is 12.4 Å². The zero-order valence-corrected chi connectivity index (χ0v) is 22.4. The molecule has 0 aliphatic heterocycles. The van der Waals surface area contributed by atoms with Crippen LogP contribution in [0.1, 0.15) is 62.1 Å². The molecule has 2 N–H and O–H groups in total. The van der Waals surface area contributed by atoms with E-state index in [0.717, 1.165) is 31.2 Å². The highest BCUT2D eigenvalue weighted by Gasteiger charge is 2.33. The first-order chi connectivity index (χ1) is 18.5. The smallest absolute Gasteiger partial charge is 0.247 e. The van der Waals surface area contributed by atoms with E-state index in [1.807, 2.05) is 42.5 Å². The van der Waals surface area contributed by atoms with Crippen molar-refractivity contribution in [1.82, 2.24) is 15.2 Å². The van der Waals surface area contributed by atoms with E-state index in [-0.39, 0.29) is 43.1 Å². The number of methoxy groups -OCH3 is 1. The normalized spacial score (nSPS) is 14.3. The van der Waals surface area contributed by atoms with Crippen LogP contribution in [0.3, 0.4) is 0 Å².